The Morgan fingerprint density at radius 2 is 1.95 bits per heavy atom. The van der Waals surface area contributed by atoms with Gasteiger partial charge in [0.25, 0.3) is 0 Å². The van der Waals surface area contributed by atoms with Crippen molar-refractivity contribution in [2.45, 2.75) is 31.7 Å². The van der Waals surface area contributed by atoms with Crippen molar-refractivity contribution in [3.05, 3.63) is 0 Å². The van der Waals surface area contributed by atoms with E-state index in [2.05, 4.69) is 10.6 Å². The first-order valence-corrected chi connectivity index (χ1v) is 8.27. The second-order valence-electron chi connectivity index (χ2n) is 5.19. The minimum Gasteiger partial charge on any atom is -0.351 e. The maximum Gasteiger partial charge on any atom is 0.232 e. The summed E-state index contributed by atoms with van der Waals surface area (Å²) in [4.78, 5) is 25.5. The zero-order valence-corrected chi connectivity index (χ0v) is 13.4. The summed E-state index contributed by atoms with van der Waals surface area (Å²) in [5.74, 6) is 1.04. The number of amides is 2. The Balaban J connectivity index is 0.00000200. The van der Waals surface area contributed by atoms with E-state index < -0.39 is 0 Å². The molecule has 116 valence electrons. The SMILES string of the molecule is Cl.O=C(CSCC(=O)N1CCCCC1)NC1CCNC1. The van der Waals surface area contributed by atoms with Crippen LogP contribution >= 0.6 is 24.2 Å². The highest BCUT2D eigenvalue weighted by Crippen LogP contribution is 2.11. The van der Waals surface area contributed by atoms with E-state index in [0.717, 1.165) is 45.4 Å². The molecule has 2 aliphatic rings. The predicted octanol–water partition coefficient (Wildman–Crippen LogP) is 0.632. The molecule has 0 aromatic carbocycles. The number of hydrogen-bond donors (Lipinski definition) is 2. The molecule has 0 radical (unpaired) electrons. The van der Waals surface area contributed by atoms with Crippen molar-refractivity contribution in [2.24, 2.45) is 0 Å². The summed E-state index contributed by atoms with van der Waals surface area (Å²) in [6.07, 6.45) is 4.47. The van der Waals surface area contributed by atoms with Crippen LogP contribution in [0.5, 0.6) is 0 Å². The number of carbonyl (C=O) groups is 2. The lowest BCUT2D eigenvalue weighted by Crippen LogP contribution is -2.38. The number of piperidine rings is 1. The molecule has 0 spiro atoms. The summed E-state index contributed by atoms with van der Waals surface area (Å²) in [7, 11) is 0. The Labute approximate surface area is 131 Å². The van der Waals surface area contributed by atoms with E-state index in [1.54, 1.807) is 0 Å². The number of nitrogens with one attached hydrogen (secondary N) is 2. The molecule has 2 amide bonds. The monoisotopic (exact) mass is 321 g/mol. The van der Waals surface area contributed by atoms with Gasteiger partial charge < -0.3 is 15.5 Å². The molecule has 20 heavy (non-hydrogen) atoms. The number of rotatable bonds is 5. The average molecular weight is 322 g/mol. The fourth-order valence-corrected chi connectivity index (χ4v) is 3.24. The summed E-state index contributed by atoms with van der Waals surface area (Å²) in [5.41, 5.74) is 0. The molecule has 2 N–H and O–H groups in total. The third-order valence-corrected chi connectivity index (χ3v) is 4.51. The average Bonchev–Trinajstić information content (AvgIpc) is 2.92. The normalized spacial score (nSPS) is 22.2. The number of hydrogen-bond acceptors (Lipinski definition) is 4. The molecule has 0 aliphatic carbocycles. The van der Waals surface area contributed by atoms with Gasteiger partial charge in [-0.05, 0) is 32.2 Å². The first kappa shape index (κ1) is 17.6. The minimum absolute atomic E-state index is 0. The maximum atomic E-state index is 11.9. The van der Waals surface area contributed by atoms with Crippen molar-refractivity contribution in [2.75, 3.05) is 37.7 Å². The summed E-state index contributed by atoms with van der Waals surface area (Å²) in [6.45, 7) is 3.62. The second kappa shape index (κ2) is 9.47. The van der Waals surface area contributed by atoms with Gasteiger partial charge in [0, 0.05) is 25.7 Å². The third-order valence-electron chi connectivity index (χ3n) is 3.59. The molecule has 2 aliphatic heterocycles. The van der Waals surface area contributed by atoms with Crippen molar-refractivity contribution in [1.29, 1.82) is 0 Å². The van der Waals surface area contributed by atoms with Crippen LogP contribution in [-0.2, 0) is 9.59 Å². The van der Waals surface area contributed by atoms with Gasteiger partial charge in [-0.1, -0.05) is 0 Å². The highest BCUT2D eigenvalue weighted by Gasteiger charge is 2.18. The number of carbonyl (C=O) groups excluding carboxylic acids is 2. The van der Waals surface area contributed by atoms with Crippen LogP contribution in [0, 0.1) is 0 Å². The number of nitrogens with zero attached hydrogens (tertiary/aromatic N) is 1. The zero-order valence-electron chi connectivity index (χ0n) is 11.7. The lowest BCUT2D eigenvalue weighted by molar-refractivity contribution is -0.129. The maximum absolute atomic E-state index is 11.9. The van der Waals surface area contributed by atoms with Crippen LogP contribution in [-0.4, -0.2) is 60.4 Å². The summed E-state index contributed by atoms with van der Waals surface area (Å²) >= 11 is 1.42. The van der Waals surface area contributed by atoms with E-state index in [4.69, 9.17) is 0 Å². The van der Waals surface area contributed by atoms with Gasteiger partial charge in [-0.3, -0.25) is 9.59 Å². The van der Waals surface area contributed by atoms with Gasteiger partial charge in [0.05, 0.1) is 11.5 Å². The van der Waals surface area contributed by atoms with Gasteiger partial charge in [-0.2, -0.15) is 0 Å². The molecule has 5 nitrogen and oxygen atoms in total. The molecular formula is C13H24ClN3O2S. The molecule has 2 fully saturated rings. The molecule has 7 heteroatoms. The van der Waals surface area contributed by atoms with E-state index in [0.29, 0.717) is 11.5 Å². The lowest BCUT2D eigenvalue weighted by Gasteiger charge is -2.26. The van der Waals surface area contributed by atoms with Crippen LogP contribution < -0.4 is 10.6 Å². The van der Waals surface area contributed by atoms with E-state index in [-0.39, 0.29) is 30.3 Å². The Bertz CT molecular complexity index is 319. The highest BCUT2D eigenvalue weighted by molar-refractivity contribution is 8.00. The van der Waals surface area contributed by atoms with Crippen molar-refractivity contribution in [1.82, 2.24) is 15.5 Å². The third kappa shape index (κ3) is 5.89. The number of likely N-dealkylation sites (tertiary alicyclic amines) is 1. The van der Waals surface area contributed by atoms with Gasteiger partial charge in [0.2, 0.25) is 11.8 Å². The molecule has 2 rings (SSSR count). The number of halogens is 1. The lowest BCUT2D eigenvalue weighted by atomic mass is 10.1. The summed E-state index contributed by atoms with van der Waals surface area (Å²) in [6, 6.07) is 0.269. The summed E-state index contributed by atoms with van der Waals surface area (Å²) < 4.78 is 0. The van der Waals surface area contributed by atoms with E-state index in [9.17, 15) is 9.59 Å². The van der Waals surface area contributed by atoms with Gasteiger partial charge in [-0.15, -0.1) is 24.2 Å². The smallest absolute Gasteiger partial charge is 0.232 e. The summed E-state index contributed by atoms with van der Waals surface area (Å²) in [5, 5.41) is 6.20. The molecule has 0 aromatic rings. The molecule has 0 aromatic heterocycles. The molecule has 2 saturated heterocycles. The quantitative estimate of drug-likeness (QED) is 0.780. The zero-order chi connectivity index (χ0) is 13.5. The number of thioether (sulfide) groups is 1. The van der Waals surface area contributed by atoms with Crippen LogP contribution in [0.3, 0.4) is 0 Å². The van der Waals surface area contributed by atoms with Gasteiger partial charge in [-0.25, -0.2) is 0 Å². The van der Waals surface area contributed by atoms with Crippen LogP contribution in [0.15, 0.2) is 0 Å². The van der Waals surface area contributed by atoms with Crippen molar-refractivity contribution < 1.29 is 9.59 Å². The van der Waals surface area contributed by atoms with E-state index in [1.165, 1.54) is 18.2 Å². The first-order chi connectivity index (χ1) is 9.25. The fourth-order valence-electron chi connectivity index (χ4n) is 2.51. The van der Waals surface area contributed by atoms with Gasteiger partial charge in [0.1, 0.15) is 0 Å². The molecule has 1 unspecified atom stereocenters. The molecule has 1 atom stereocenters. The standard InChI is InChI=1S/C13H23N3O2S.ClH/c17-12(15-11-4-5-14-8-11)9-19-10-13(18)16-6-2-1-3-7-16;/h11,14H,1-10H2,(H,15,17);1H. The van der Waals surface area contributed by atoms with Crippen LogP contribution in [0.4, 0.5) is 0 Å². The first-order valence-electron chi connectivity index (χ1n) is 7.11. The van der Waals surface area contributed by atoms with Crippen LogP contribution in [0.1, 0.15) is 25.7 Å². The van der Waals surface area contributed by atoms with Crippen molar-refractivity contribution in [3.63, 3.8) is 0 Å². The topological polar surface area (TPSA) is 61.4 Å². The van der Waals surface area contributed by atoms with Gasteiger partial charge in [0.15, 0.2) is 0 Å². The Kier molecular flexibility index (Phi) is 8.33. The van der Waals surface area contributed by atoms with E-state index >= 15 is 0 Å². The molecule has 0 saturated carbocycles. The fraction of sp³-hybridized carbons (Fsp3) is 0.846. The minimum atomic E-state index is 0. The Morgan fingerprint density at radius 1 is 1.20 bits per heavy atom. The van der Waals surface area contributed by atoms with Crippen molar-refractivity contribution >= 4 is 36.0 Å². The highest BCUT2D eigenvalue weighted by atomic mass is 35.5. The molecular weight excluding hydrogens is 298 g/mol. The van der Waals surface area contributed by atoms with Crippen LogP contribution in [0.25, 0.3) is 0 Å². The predicted molar refractivity (Wildman–Crippen MR) is 84.4 cm³/mol. The van der Waals surface area contributed by atoms with Crippen LogP contribution in [0.2, 0.25) is 0 Å². The largest absolute Gasteiger partial charge is 0.351 e. The molecule has 0 bridgehead atoms. The van der Waals surface area contributed by atoms with Crippen molar-refractivity contribution in [3.8, 4) is 0 Å². The van der Waals surface area contributed by atoms with E-state index in [1.807, 2.05) is 4.90 Å². The Morgan fingerprint density at radius 3 is 2.60 bits per heavy atom. The van der Waals surface area contributed by atoms with Gasteiger partial charge >= 0.3 is 0 Å². The molecule has 2 heterocycles. The second-order valence-corrected chi connectivity index (χ2v) is 6.18. The Hall–Kier alpha value is -0.460.